The Labute approximate surface area is 191 Å². The number of H-pyrrole nitrogens is 1. The van der Waals surface area contributed by atoms with Gasteiger partial charge in [-0.05, 0) is 54.8 Å². The Hall–Kier alpha value is -3.50. The number of ether oxygens (including phenoxy) is 1. The number of aromatic nitrogens is 6. The summed E-state index contributed by atoms with van der Waals surface area (Å²) in [5, 5.41) is 11.4. The molecule has 0 fully saturated rings. The van der Waals surface area contributed by atoms with E-state index in [1.807, 2.05) is 59.3 Å². The summed E-state index contributed by atoms with van der Waals surface area (Å²) in [5.74, 6) is 2.55. The molecule has 1 aromatic carbocycles. The summed E-state index contributed by atoms with van der Waals surface area (Å²) in [4.78, 5) is 23.8. The lowest BCUT2D eigenvalue weighted by Crippen LogP contribution is -2.09. The van der Waals surface area contributed by atoms with Gasteiger partial charge in [0.1, 0.15) is 16.3 Å². The number of fused-ring (bicyclic) bond motifs is 1. The average Bonchev–Trinajstić information content (AvgIpc) is 3.46. The number of thiophene rings is 1. The molecule has 0 unspecified atom stereocenters. The van der Waals surface area contributed by atoms with E-state index in [1.54, 1.807) is 12.4 Å². The van der Waals surface area contributed by atoms with Crippen LogP contribution in [-0.4, -0.2) is 36.3 Å². The van der Waals surface area contributed by atoms with E-state index in [0.29, 0.717) is 39.4 Å². The third kappa shape index (κ3) is 4.02. The maximum absolute atomic E-state index is 12.3. The predicted octanol–water partition coefficient (Wildman–Crippen LogP) is 4.32. The third-order valence-electron chi connectivity index (χ3n) is 4.68. The smallest absolute Gasteiger partial charge is 0.268 e. The second-order valence-corrected chi connectivity index (χ2v) is 8.60. The van der Waals surface area contributed by atoms with Crippen molar-refractivity contribution in [3.63, 3.8) is 0 Å². The molecule has 5 rings (SSSR count). The second kappa shape index (κ2) is 8.93. The van der Waals surface area contributed by atoms with Crippen LogP contribution in [0.5, 0.6) is 5.75 Å². The first kappa shape index (κ1) is 20.4. The summed E-state index contributed by atoms with van der Waals surface area (Å²) in [6.07, 6.45) is 3.45. The van der Waals surface area contributed by atoms with Crippen molar-refractivity contribution >= 4 is 33.3 Å². The summed E-state index contributed by atoms with van der Waals surface area (Å²) in [7, 11) is 0. The minimum absolute atomic E-state index is 0.119. The first-order valence-electron chi connectivity index (χ1n) is 9.91. The van der Waals surface area contributed by atoms with Crippen molar-refractivity contribution in [1.29, 1.82) is 0 Å². The van der Waals surface area contributed by atoms with E-state index in [2.05, 4.69) is 25.1 Å². The Balaban J connectivity index is 1.51. The lowest BCUT2D eigenvalue weighted by atomic mass is 10.2. The van der Waals surface area contributed by atoms with Crippen molar-refractivity contribution < 1.29 is 4.74 Å². The van der Waals surface area contributed by atoms with Gasteiger partial charge in [0.25, 0.3) is 5.56 Å². The molecule has 4 heterocycles. The van der Waals surface area contributed by atoms with Gasteiger partial charge in [0.05, 0.1) is 17.9 Å². The van der Waals surface area contributed by atoms with Crippen LogP contribution in [0, 0.1) is 0 Å². The molecule has 0 aliphatic rings. The number of thioether (sulfide) groups is 1. The molecule has 0 saturated heterocycles. The van der Waals surface area contributed by atoms with Crippen LogP contribution in [0.4, 0.5) is 0 Å². The highest BCUT2D eigenvalue weighted by Gasteiger charge is 2.17. The van der Waals surface area contributed by atoms with Gasteiger partial charge in [-0.15, -0.1) is 21.5 Å². The van der Waals surface area contributed by atoms with E-state index in [1.165, 1.54) is 23.1 Å². The Morgan fingerprint density at radius 2 is 1.91 bits per heavy atom. The molecule has 10 heteroatoms. The van der Waals surface area contributed by atoms with Gasteiger partial charge in [-0.1, -0.05) is 11.8 Å². The molecule has 0 aliphatic carbocycles. The fraction of sp³-hybridized carbons (Fsp3) is 0.136. The molecule has 0 atom stereocenters. The van der Waals surface area contributed by atoms with Crippen molar-refractivity contribution in [1.82, 2.24) is 29.7 Å². The molecule has 1 N–H and O–H groups in total. The maximum atomic E-state index is 12.3. The summed E-state index contributed by atoms with van der Waals surface area (Å²) < 4.78 is 8.19. The van der Waals surface area contributed by atoms with Crippen LogP contribution in [0.1, 0.15) is 12.7 Å². The lowest BCUT2D eigenvalue weighted by Gasteiger charge is -2.11. The van der Waals surface area contributed by atoms with Crippen molar-refractivity contribution in [3.05, 3.63) is 76.4 Å². The molecule has 0 aliphatic heterocycles. The number of benzene rings is 1. The Kier molecular flexibility index (Phi) is 5.70. The first-order chi connectivity index (χ1) is 15.7. The molecular weight excluding hydrogens is 444 g/mol. The van der Waals surface area contributed by atoms with Crippen molar-refractivity contribution in [2.75, 3.05) is 6.61 Å². The average molecular weight is 463 g/mol. The quantitative estimate of drug-likeness (QED) is 0.360. The van der Waals surface area contributed by atoms with Crippen LogP contribution in [0.25, 0.3) is 27.3 Å². The zero-order chi connectivity index (χ0) is 21.9. The Bertz CT molecular complexity index is 1410. The first-order valence-corrected chi connectivity index (χ1v) is 11.8. The van der Waals surface area contributed by atoms with Gasteiger partial charge >= 0.3 is 0 Å². The van der Waals surface area contributed by atoms with E-state index in [0.717, 1.165) is 17.0 Å². The second-order valence-electron chi connectivity index (χ2n) is 6.74. The highest BCUT2D eigenvalue weighted by molar-refractivity contribution is 7.98. The van der Waals surface area contributed by atoms with Crippen LogP contribution >= 0.6 is 23.1 Å². The normalized spacial score (nSPS) is 11.2. The van der Waals surface area contributed by atoms with Gasteiger partial charge in [0, 0.05) is 23.6 Å². The van der Waals surface area contributed by atoms with Crippen LogP contribution in [0.15, 0.2) is 70.2 Å². The number of nitrogens with one attached hydrogen (secondary N) is 1. The molecular formula is C22H18N6O2S2. The fourth-order valence-electron chi connectivity index (χ4n) is 3.27. The number of nitrogens with zero attached hydrogens (tertiary/aromatic N) is 5. The van der Waals surface area contributed by atoms with Crippen LogP contribution in [0.2, 0.25) is 0 Å². The van der Waals surface area contributed by atoms with E-state index < -0.39 is 0 Å². The number of pyridine rings is 1. The number of hydrogen-bond acceptors (Lipinski definition) is 8. The zero-order valence-electron chi connectivity index (χ0n) is 17.1. The molecule has 160 valence electrons. The van der Waals surface area contributed by atoms with Crippen LogP contribution < -0.4 is 10.3 Å². The van der Waals surface area contributed by atoms with Gasteiger partial charge < -0.3 is 9.72 Å². The van der Waals surface area contributed by atoms with Gasteiger partial charge in [-0.3, -0.25) is 14.3 Å². The largest absolute Gasteiger partial charge is 0.494 e. The van der Waals surface area contributed by atoms with E-state index in [4.69, 9.17) is 4.74 Å². The lowest BCUT2D eigenvalue weighted by molar-refractivity contribution is 0.340. The monoisotopic (exact) mass is 462 g/mol. The maximum Gasteiger partial charge on any atom is 0.268 e. The highest BCUT2D eigenvalue weighted by atomic mass is 32.2. The molecule has 0 radical (unpaired) electrons. The van der Waals surface area contributed by atoms with Crippen LogP contribution in [0.3, 0.4) is 0 Å². The summed E-state index contributed by atoms with van der Waals surface area (Å²) in [6.45, 7) is 2.56. The summed E-state index contributed by atoms with van der Waals surface area (Å²) in [6, 6.07) is 13.4. The van der Waals surface area contributed by atoms with Crippen molar-refractivity contribution in [2.45, 2.75) is 17.8 Å². The minimum atomic E-state index is -0.119. The van der Waals surface area contributed by atoms with Gasteiger partial charge in [-0.2, -0.15) is 0 Å². The van der Waals surface area contributed by atoms with E-state index >= 15 is 0 Å². The SMILES string of the molecule is CCOc1ccc(-n2c(SCc3nc4ccsc4c(=O)[nH]3)nnc2-c2ccncc2)cc1. The summed E-state index contributed by atoms with van der Waals surface area (Å²) in [5.41, 5.74) is 2.40. The Morgan fingerprint density at radius 3 is 2.69 bits per heavy atom. The molecule has 0 amide bonds. The number of rotatable bonds is 7. The molecule has 8 nitrogen and oxygen atoms in total. The van der Waals surface area contributed by atoms with Crippen molar-refractivity contribution in [3.8, 4) is 22.8 Å². The predicted molar refractivity (Wildman–Crippen MR) is 126 cm³/mol. The van der Waals surface area contributed by atoms with Crippen molar-refractivity contribution in [2.24, 2.45) is 0 Å². The highest BCUT2D eigenvalue weighted by Crippen LogP contribution is 2.30. The molecule has 32 heavy (non-hydrogen) atoms. The zero-order valence-corrected chi connectivity index (χ0v) is 18.7. The number of aromatic amines is 1. The van der Waals surface area contributed by atoms with E-state index in [-0.39, 0.29) is 5.56 Å². The van der Waals surface area contributed by atoms with E-state index in [9.17, 15) is 4.79 Å². The molecule has 0 bridgehead atoms. The molecule has 0 saturated carbocycles. The van der Waals surface area contributed by atoms with Gasteiger partial charge in [-0.25, -0.2) is 4.98 Å². The molecule has 5 aromatic rings. The fourth-order valence-corrected chi connectivity index (χ4v) is 4.81. The molecule has 4 aromatic heterocycles. The summed E-state index contributed by atoms with van der Waals surface area (Å²) >= 11 is 2.85. The Morgan fingerprint density at radius 1 is 1.09 bits per heavy atom. The molecule has 0 spiro atoms. The van der Waals surface area contributed by atoms with Gasteiger partial charge in [0.2, 0.25) is 0 Å². The number of hydrogen-bond donors (Lipinski definition) is 1. The third-order valence-corrected chi connectivity index (χ3v) is 6.52. The van der Waals surface area contributed by atoms with Gasteiger partial charge in [0.15, 0.2) is 11.0 Å². The standard InChI is InChI=1S/C22H18N6O2S2/c1-2-30-16-5-3-15(4-6-16)28-20(14-7-10-23-11-8-14)26-27-22(28)32-13-18-24-17-9-12-31-19(17)21(29)25-18/h3-12H,2,13H2,1H3,(H,24,25,29). The topological polar surface area (TPSA) is 98.6 Å². The minimum Gasteiger partial charge on any atom is -0.494 e. The van der Waals surface area contributed by atoms with Crippen LogP contribution in [-0.2, 0) is 5.75 Å².